The third-order valence-electron chi connectivity index (χ3n) is 1.56. The van der Waals surface area contributed by atoms with Gasteiger partial charge in [0.15, 0.2) is 5.78 Å². The molecular formula is C10H7ClF2O. The number of benzene rings is 1. The summed E-state index contributed by atoms with van der Waals surface area (Å²) in [5.74, 6) is -1.63. The molecule has 1 aromatic rings. The highest BCUT2D eigenvalue weighted by molar-refractivity contribution is 6.32. The van der Waals surface area contributed by atoms with Crippen LogP contribution >= 0.6 is 11.6 Å². The Labute approximate surface area is 85.0 Å². The summed E-state index contributed by atoms with van der Waals surface area (Å²) in [6, 6.07) is 1.89. The van der Waals surface area contributed by atoms with Gasteiger partial charge in [0.1, 0.15) is 11.6 Å². The summed E-state index contributed by atoms with van der Waals surface area (Å²) >= 11 is 5.50. The first kappa shape index (κ1) is 10.9. The molecule has 0 bridgehead atoms. The first-order valence-corrected chi connectivity index (χ1v) is 4.22. The molecule has 0 aliphatic rings. The molecule has 1 rings (SSSR count). The molecule has 0 atom stereocenters. The molecule has 0 spiro atoms. The van der Waals surface area contributed by atoms with Crippen molar-refractivity contribution in [1.29, 1.82) is 0 Å². The van der Waals surface area contributed by atoms with Gasteiger partial charge in [0.2, 0.25) is 0 Å². The Hall–Kier alpha value is -1.22. The summed E-state index contributed by atoms with van der Waals surface area (Å²) in [6.45, 7) is 1.31. The molecule has 0 N–H and O–H groups in total. The van der Waals surface area contributed by atoms with Crippen LogP contribution in [0.4, 0.5) is 8.78 Å². The van der Waals surface area contributed by atoms with Crippen LogP contribution in [0.25, 0.3) is 6.08 Å². The summed E-state index contributed by atoms with van der Waals surface area (Å²) in [6.07, 6.45) is 2.28. The smallest absolute Gasteiger partial charge is 0.152 e. The Balaban J connectivity index is 3.19. The van der Waals surface area contributed by atoms with Crippen LogP contribution in [0.15, 0.2) is 18.2 Å². The minimum atomic E-state index is -0.712. The molecule has 0 aliphatic heterocycles. The Morgan fingerprint density at radius 3 is 2.50 bits per heavy atom. The van der Waals surface area contributed by atoms with Gasteiger partial charge in [0.25, 0.3) is 0 Å². The van der Waals surface area contributed by atoms with Crippen molar-refractivity contribution in [2.75, 3.05) is 0 Å². The maximum Gasteiger partial charge on any atom is 0.152 e. The number of carbonyl (C=O) groups excluding carboxylic acids is 1. The van der Waals surface area contributed by atoms with Crippen molar-refractivity contribution in [3.63, 3.8) is 0 Å². The molecule has 0 saturated carbocycles. The van der Waals surface area contributed by atoms with Gasteiger partial charge in [-0.15, -0.1) is 0 Å². The molecule has 0 aliphatic carbocycles. The van der Waals surface area contributed by atoms with Crippen LogP contribution < -0.4 is 0 Å². The summed E-state index contributed by atoms with van der Waals surface area (Å²) in [7, 11) is 0. The van der Waals surface area contributed by atoms with E-state index >= 15 is 0 Å². The van der Waals surface area contributed by atoms with Gasteiger partial charge in [-0.1, -0.05) is 11.6 Å². The lowest BCUT2D eigenvalue weighted by Gasteiger charge is -2.00. The SMILES string of the molecule is CC(=O)/C=C/c1c(F)ccc(F)c1Cl. The Morgan fingerprint density at radius 2 is 1.93 bits per heavy atom. The van der Waals surface area contributed by atoms with Crippen molar-refractivity contribution in [2.24, 2.45) is 0 Å². The Kier molecular flexibility index (Phi) is 3.36. The first-order chi connectivity index (χ1) is 6.52. The van der Waals surface area contributed by atoms with Gasteiger partial charge in [-0.25, -0.2) is 8.78 Å². The fourth-order valence-corrected chi connectivity index (χ4v) is 1.11. The van der Waals surface area contributed by atoms with E-state index in [2.05, 4.69) is 0 Å². The van der Waals surface area contributed by atoms with Crippen LogP contribution in [0.2, 0.25) is 5.02 Å². The van der Waals surface area contributed by atoms with Crippen LogP contribution in [0, 0.1) is 11.6 Å². The van der Waals surface area contributed by atoms with Gasteiger partial charge in [-0.05, 0) is 31.2 Å². The average Bonchev–Trinajstić information content (AvgIpc) is 2.11. The molecule has 0 aromatic heterocycles. The van der Waals surface area contributed by atoms with Gasteiger partial charge in [-0.3, -0.25) is 4.79 Å². The van der Waals surface area contributed by atoms with E-state index in [1.54, 1.807) is 0 Å². The van der Waals surface area contributed by atoms with E-state index < -0.39 is 11.6 Å². The molecule has 4 heteroatoms. The minimum absolute atomic E-state index is 0.109. The largest absolute Gasteiger partial charge is 0.295 e. The highest BCUT2D eigenvalue weighted by Gasteiger charge is 2.08. The van der Waals surface area contributed by atoms with Crippen LogP contribution in [-0.2, 0) is 4.79 Å². The standard InChI is InChI=1S/C10H7ClF2O/c1-6(14)2-3-7-8(12)4-5-9(13)10(7)11/h2-5H,1H3/b3-2+. The predicted octanol–water partition coefficient (Wildman–Crippen LogP) is 3.22. The third-order valence-corrected chi connectivity index (χ3v) is 1.95. The van der Waals surface area contributed by atoms with Crippen molar-refractivity contribution < 1.29 is 13.6 Å². The zero-order valence-electron chi connectivity index (χ0n) is 7.35. The third kappa shape index (κ3) is 2.39. The minimum Gasteiger partial charge on any atom is -0.295 e. The van der Waals surface area contributed by atoms with E-state index in [1.165, 1.54) is 6.92 Å². The molecule has 0 fully saturated rings. The van der Waals surface area contributed by atoms with Gasteiger partial charge in [0.05, 0.1) is 5.02 Å². The number of halogens is 3. The van der Waals surface area contributed by atoms with Gasteiger partial charge >= 0.3 is 0 Å². The van der Waals surface area contributed by atoms with Crippen molar-refractivity contribution in [2.45, 2.75) is 6.92 Å². The van der Waals surface area contributed by atoms with Crippen LogP contribution in [0.1, 0.15) is 12.5 Å². The summed E-state index contributed by atoms with van der Waals surface area (Å²) in [5, 5.41) is -0.317. The lowest BCUT2D eigenvalue weighted by Crippen LogP contribution is -1.89. The van der Waals surface area contributed by atoms with E-state index in [9.17, 15) is 13.6 Å². The highest BCUT2D eigenvalue weighted by atomic mass is 35.5. The molecule has 0 heterocycles. The normalized spacial score (nSPS) is 10.9. The van der Waals surface area contributed by atoms with E-state index in [0.717, 1.165) is 24.3 Å². The van der Waals surface area contributed by atoms with Crippen molar-refractivity contribution in [1.82, 2.24) is 0 Å². The van der Waals surface area contributed by atoms with E-state index in [4.69, 9.17) is 11.6 Å². The number of hydrogen-bond acceptors (Lipinski definition) is 1. The fourth-order valence-electron chi connectivity index (χ4n) is 0.896. The van der Waals surface area contributed by atoms with Crippen molar-refractivity contribution >= 4 is 23.5 Å². The highest BCUT2D eigenvalue weighted by Crippen LogP contribution is 2.23. The van der Waals surface area contributed by atoms with E-state index in [0.29, 0.717) is 0 Å². The number of hydrogen-bond donors (Lipinski definition) is 0. The lowest BCUT2D eigenvalue weighted by atomic mass is 10.2. The van der Waals surface area contributed by atoms with E-state index in [-0.39, 0.29) is 16.4 Å². The van der Waals surface area contributed by atoms with Crippen LogP contribution in [-0.4, -0.2) is 5.78 Å². The molecule has 1 nitrogen and oxygen atoms in total. The second-order valence-corrected chi connectivity index (χ2v) is 3.08. The topological polar surface area (TPSA) is 17.1 Å². The lowest BCUT2D eigenvalue weighted by molar-refractivity contribution is -0.112. The van der Waals surface area contributed by atoms with Crippen molar-refractivity contribution in [3.8, 4) is 0 Å². The second-order valence-electron chi connectivity index (χ2n) is 2.70. The number of allylic oxidation sites excluding steroid dienone is 1. The summed E-state index contributed by atoms with van der Waals surface area (Å²) in [4.78, 5) is 10.6. The maximum atomic E-state index is 13.1. The Bertz CT molecular complexity index is 399. The summed E-state index contributed by atoms with van der Waals surface area (Å²) < 4.78 is 25.9. The molecule has 0 amide bonds. The maximum absolute atomic E-state index is 13.1. The van der Waals surface area contributed by atoms with Crippen molar-refractivity contribution in [3.05, 3.63) is 40.4 Å². The zero-order valence-corrected chi connectivity index (χ0v) is 8.11. The molecule has 14 heavy (non-hydrogen) atoms. The Morgan fingerprint density at radius 1 is 1.36 bits per heavy atom. The molecule has 74 valence electrons. The quantitative estimate of drug-likeness (QED) is 0.548. The molecule has 0 saturated heterocycles. The number of rotatable bonds is 2. The monoisotopic (exact) mass is 216 g/mol. The van der Waals surface area contributed by atoms with Crippen LogP contribution in [0.5, 0.6) is 0 Å². The molecule has 0 radical (unpaired) electrons. The number of ketones is 1. The van der Waals surface area contributed by atoms with Crippen LogP contribution in [0.3, 0.4) is 0 Å². The fraction of sp³-hybridized carbons (Fsp3) is 0.100. The van der Waals surface area contributed by atoms with E-state index in [1.807, 2.05) is 0 Å². The summed E-state index contributed by atoms with van der Waals surface area (Å²) in [5.41, 5.74) is -0.109. The average molecular weight is 217 g/mol. The molecular weight excluding hydrogens is 210 g/mol. The van der Waals surface area contributed by atoms with Gasteiger partial charge in [-0.2, -0.15) is 0 Å². The first-order valence-electron chi connectivity index (χ1n) is 3.84. The predicted molar refractivity (Wildman–Crippen MR) is 51.1 cm³/mol. The second kappa shape index (κ2) is 4.33. The zero-order chi connectivity index (χ0) is 10.7. The van der Waals surface area contributed by atoms with Gasteiger partial charge < -0.3 is 0 Å². The van der Waals surface area contributed by atoms with Gasteiger partial charge in [0, 0.05) is 5.56 Å². The molecule has 1 aromatic carbocycles. The number of carbonyl (C=O) groups is 1. The molecule has 0 unspecified atom stereocenters.